The van der Waals surface area contributed by atoms with Crippen LogP contribution in [0, 0.1) is 0 Å². The van der Waals surface area contributed by atoms with Crippen molar-refractivity contribution in [3.05, 3.63) is 84.3 Å². The second kappa shape index (κ2) is 7.39. The quantitative estimate of drug-likeness (QED) is 0.589. The van der Waals surface area contributed by atoms with Gasteiger partial charge in [0, 0.05) is 12.7 Å². The summed E-state index contributed by atoms with van der Waals surface area (Å²) in [4.78, 5) is 21.2. The molecule has 0 spiro atoms. The second-order valence-electron chi connectivity index (χ2n) is 6.09. The van der Waals surface area contributed by atoms with Crippen LogP contribution in [-0.4, -0.2) is 27.6 Å². The van der Waals surface area contributed by atoms with E-state index in [0.717, 1.165) is 22.4 Å². The van der Waals surface area contributed by atoms with Crippen LogP contribution in [0.1, 0.15) is 15.9 Å². The van der Waals surface area contributed by atoms with Crippen molar-refractivity contribution in [2.24, 2.45) is 0 Å². The molecular formula is C21H18N4O2. The van der Waals surface area contributed by atoms with Crippen molar-refractivity contribution in [1.82, 2.24) is 14.5 Å². The first-order valence-electron chi connectivity index (χ1n) is 8.52. The Labute approximate surface area is 156 Å². The minimum Gasteiger partial charge on any atom is -0.380 e. The first kappa shape index (κ1) is 16.9. The lowest BCUT2D eigenvalue weighted by Gasteiger charge is -2.08. The average Bonchev–Trinajstić information content (AvgIpc) is 3.13. The van der Waals surface area contributed by atoms with E-state index in [9.17, 15) is 4.79 Å². The molecule has 0 unspecified atom stereocenters. The van der Waals surface area contributed by atoms with E-state index in [2.05, 4.69) is 15.3 Å². The summed E-state index contributed by atoms with van der Waals surface area (Å²) in [5, 5.41) is 2.86. The maximum Gasteiger partial charge on any atom is 0.255 e. The van der Waals surface area contributed by atoms with Crippen molar-refractivity contribution in [1.29, 1.82) is 0 Å². The van der Waals surface area contributed by atoms with Crippen LogP contribution in [0.2, 0.25) is 0 Å². The van der Waals surface area contributed by atoms with Crippen molar-refractivity contribution in [3.63, 3.8) is 0 Å². The Morgan fingerprint density at radius 1 is 1.04 bits per heavy atom. The Bertz CT molecular complexity index is 1070. The summed E-state index contributed by atoms with van der Waals surface area (Å²) in [5.41, 5.74) is 4.13. The number of pyridine rings is 1. The highest BCUT2D eigenvalue weighted by Gasteiger charge is 2.08. The number of hydrogen-bond acceptors (Lipinski definition) is 4. The molecule has 27 heavy (non-hydrogen) atoms. The van der Waals surface area contributed by atoms with Crippen molar-refractivity contribution in [2.75, 3.05) is 12.4 Å². The third-order valence-electron chi connectivity index (χ3n) is 4.23. The van der Waals surface area contributed by atoms with Crippen LogP contribution in [0.3, 0.4) is 0 Å². The highest BCUT2D eigenvalue weighted by atomic mass is 16.5. The van der Waals surface area contributed by atoms with E-state index in [1.807, 2.05) is 53.1 Å². The fraction of sp³-hybridized carbons (Fsp3) is 0.0952. The molecule has 0 aliphatic heterocycles. The third-order valence-corrected chi connectivity index (χ3v) is 4.23. The highest BCUT2D eigenvalue weighted by Crippen LogP contribution is 2.18. The summed E-state index contributed by atoms with van der Waals surface area (Å²) in [6, 6.07) is 18.9. The Kier molecular flexibility index (Phi) is 4.63. The van der Waals surface area contributed by atoms with Gasteiger partial charge in [-0.1, -0.05) is 24.3 Å². The number of rotatable bonds is 5. The smallest absolute Gasteiger partial charge is 0.255 e. The summed E-state index contributed by atoms with van der Waals surface area (Å²) in [7, 11) is 1.64. The number of methoxy groups -OCH3 is 1. The lowest BCUT2D eigenvalue weighted by Crippen LogP contribution is -2.12. The number of fused-ring (bicyclic) bond motifs is 1. The minimum atomic E-state index is -0.179. The van der Waals surface area contributed by atoms with Gasteiger partial charge >= 0.3 is 0 Å². The molecule has 0 saturated heterocycles. The molecule has 0 atom stereocenters. The molecule has 0 aliphatic carbocycles. The number of nitrogens with one attached hydrogen (secondary N) is 1. The van der Waals surface area contributed by atoms with Crippen LogP contribution in [0.15, 0.2) is 73.2 Å². The second-order valence-corrected chi connectivity index (χ2v) is 6.09. The number of amides is 1. The van der Waals surface area contributed by atoms with Crippen LogP contribution in [0.4, 0.5) is 5.69 Å². The maximum absolute atomic E-state index is 12.4. The van der Waals surface area contributed by atoms with E-state index in [-0.39, 0.29) is 5.91 Å². The van der Waals surface area contributed by atoms with Gasteiger partial charge < -0.3 is 10.1 Å². The van der Waals surface area contributed by atoms with Gasteiger partial charge in [-0.3, -0.25) is 9.36 Å². The Hall–Kier alpha value is -3.51. The van der Waals surface area contributed by atoms with Gasteiger partial charge in [-0.05, 0) is 42.0 Å². The number of nitrogens with zero attached hydrogens (tertiary/aromatic N) is 3. The molecular weight excluding hydrogens is 340 g/mol. The Morgan fingerprint density at radius 2 is 1.85 bits per heavy atom. The average molecular weight is 358 g/mol. The van der Waals surface area contributed by atoms with Gasteiger partial charge in [-0.25, -0.2) is 9.97 Å². The number of aromatic nitrogens is 3. The number of imidazole rings is 1. The first-order chi connectivity index (χ1) is 13.2. The summed E-state index contributed by atoms with van der Waals surface area (Å²) in [6.07, 6.45) is 3.38. The minimum absolute atomic E-state index is 0.179. The zero-order valence-corrected chi connectivity index (χ0v) is 14.8. The van der Waals surface area contributed by atoms with Crippen molar-refractivity contribution in [2.45, 2.75) is 6.61 Å². The molecule has 0 aliphatic rings. The zero-order valence-electron chi connectivity index (χ0n) is 14.8. The molecule has 6 heteroatoms. The molecule has 2 heterocycles. The SMILES string of the molecule is COCc1ccc(C(=O)Nc2ccc(-n3cnc4ccccc43)nc2)cc1. The predicted molar refractivity (Wildman–Crippen MR) is 104 cm³/mol. The van der Waals surface area contributed by atoms with E-state index in [1.54, 1.807) is 31.8 Å². The van der Waals surface area contributed by atoms with E-state index in [0.29, 0.717) is 17.9 Å². The fourth-order valence-corrected chi connectivity index (χ4v) is 2.87. The van der Waals surface area contributed by atoms with Gasteiger partial charge in [0.25, 0.3) is 5.91 Å². The monoisotopic (exact) mass is 358 g/mol. The zero-order chi connectivity index (χ0) is 18.6. The lowest BCUT2D eigenvalue weighted by molar-refractivity contribution is 0.102. The summed E-state index contributed by atoms with van der Waals surface area (Å²) in [6.45, 7) is 0.524. The number of ether oxygens (including phenoxy) is 1. The van der Waals surface area contributed by atoms with Gasteiger partial charge in [-0.2, -0.15) is 0 Å². The molecule has 0 radical (unpaired) electrons. The number of para-hydroxylation sites is 2. The van der Waals surface area contributed by atoms with Crippen molar-refractivity contribution >= 4 is 22.6 Å². The molecule has 0 fully saturated rings. The molecule has 4 aromatic rings. The number of benzene rings is 2. The normalized spacial score (nSPS) is 10.9. The van der Waals surface area contributed by atoms with Crippen molar-refractivity contribution in [3.8, 4) is 5.82 Å². The molecule has 0 saturated carbocycles. The molecule has 1 amide bonds. The Balaban J connectivity index is 1.50. The van der Waals surface area contributed by atoms with Gasteiger partial charge in [0.05, 0.1) is 29.5 Å². The van der Waals surface area contributed by atoms with E-state index in [1.165, 1.54) is 0 Å². The van der Waals surface area contributed by atoms with E-state index >= 15 is 0 Å². The number of carbonyl (C=O) groups excluding carboxylic acids is 1. The lowest BCUT2D eigenvalue weighted by atomic mass is 10.1. The van der Waals surface area contributed by atoms with Crippen molar-refractivity contribution < 1.29 is 9.53 Å². The van der Waals surface area contributed by atoms with Crippen LogP contribution >= 0.6 is 0 Å². The van der Waals surface area contributed by atoms with E-state index < -0.39 is 0 Å². The maximum atomic E-state index is 12.4. The molecule has 134 valence electrons. The van der Waals surface area contributed by atoms with Crippen LogP contribution < -0.4 is 5.32 Å². The molecule has 2 aromatic carbocycles. The molecule has 2 aromatic heterocycles. The number of anilines is 1. The van der Waals surface area contributed by atoms with Gasteiger partial charge in [0.2, 0.25) is 0 Å². The Morgan fingerprint density at radius 3 is 2.59 bits per heavy atom. The van der Waals surface area contributed by atoms with Gasteiger partial charge in [0.1, 0.15) is 12.1 Å². The van der Waals surface area contributed by atoms with Crippen LogP contribution in [0.25, 0.3) is 16.9 Å². The van der Waals surface area contributed by atoms with Crippen LogP contribution in [0.5, 0.6) is 0 Å². The van der Waals surface area contributed by atoms with Gasteiger partial charge in [-0.15, -0.1) is 0 Å². The summed E-state index contributed by atoms with van der Waals surface area (Å²) in [5.74, 6) is 0.562. The molecule has 4 rings (SSSR count). The number of hydrogen-bond donors (Lipinski definition) is 1. The summed E-state index contributed by atoms with van der Waals surface area (Å²) >= 11 is 0. The molecule has 1 N–H and O–H groups in total. The first-order valence-corrected chi connectivity index (χ1v) is 8.52. The standard InChI is InChI=1S/C21H18N4O2/c1-27-13-15-6-8-16(9-7-15)21(26)24-17-10-11-20(22-12-17)25-14-23-18-4-2-3-5-19(18)25/h2-12,14H,13H2,1H3,(H,24,26). The predicted octanol–water partition coefficient (Wildman–Crippen LogP) is 3.82. The molecule has 0 bridgehead atoms. The highest BCUT2D eigenvalue weighted by molar-refractivity contribution is 6.04. The van der Waals surface area contributed by atoms with Gasteiger partial charge in [0.15, 0.2) is 0 Å². The number of carbonyl (C=O) groups is 1. The van der Waals surface area contributed by atoms with E-state index in [4.69, 9.17) is 4.74 Å². The summed E-state index contributed by atoms with van der Waals surface area (Å²) < 4.78 is 6.99. The van der Waals surface area contributed by atoms with Crippen LogP contribution in [-0.2, 0) is 11.3 Å². The third kappa shape index (κ3) is 3.56. The molecule has 6 nitrogen and oxygen atoms in total. The fourth-order valence-electron chi connectivity index (χ4n) is 2.87. The largest absolute Gasteiger partial charge is 0.380 e. The topological polar surface area (TPSA) is 69.0 Å².